The van der Waals surface area contributed by atoms with E-state index in [4.69, 9.17) is 19.4 Å². The molecule has 0 unspecified atom stereocenters. The average molecular weight is 483 g/mol. The summed E-state index contributed by atoms with van der Waals surface area (Å²) in [4.78, 5) is 12.0. The second-order valence-electron chi connectivity index (χ2n) is 8.84. The Kier molecular flexibility index (Phi) is 6.67. The first-order valence-electron chi connectivity index (χ1n) is 11.8. The standard InChI is InChI=1S/C25H30N4O4S/c1-32-19-10-12-21(13-11-19)34(30,31)29-16-14-28(15-17-29)18-24-26-23-9-5-4-8-22(23)25(27-24)33-20-6-2-3-7-20/h4-5,8-13,20H,2-3,6-7,14-18H2,1H3. The smallest absolute Gasteiger partial charge is 0.243 e. The van der Waals surface area contributed by atoms with Crippen molar-refractivity contribution < 1.29 is 17.9 Å². The van der Waals surface area contributed by atoms with E-state index in [9.17, 15) is 8.42 Å². The number of sulfonamides is 1. The van der Waals surface area contributed by atoms with E-state index in [0.717, 1.165) is 23.7 Å². The minimum atomic E-state index is -3.53. The summed E-state index contributed by atoms with van der Waals surface area (Å²) in [7, 11) is -1.97. The summed E-state index contributed by atoms with van der Waals surface area (Å²) >= 11 is 0. The first kappa shape index (κ1) is 23.0. The van der Waals surface area contributed by atoms with Crippen molar-refractivity contribution in [2.45, 2.75) is 43.2 Å². The van der Waals surface area contributed by atoms with Crippen LogP contribution in [0, 0.1) is 0 Å². The lowest BCUT2D eigenvalue weighted by atomic mass is 10.2. The zero-order valence-electron chi connectivity index (χ0n) is 19.4. The van der Waals surface area contributed by atoms with Crippen LogP contribution in [0.2, 0.25) is 0 Å². The molecule has 1 aliphatic carbocycles. The molecule has 2 aromatic carbocycles. The number of hydrogen-bond acceptors (Lipinski definition) is 7. The molecule has 34 heavy (non-hydrogen) atoms. The molecule has 0 amide bonds. The quantitative estimate of drug-likeness (QED) is 0.510. The van der Waals surface area contributed by atoms with Crippen LogP contribution in [0.4, 0.5) is 0 Å². The molecule has 0 spiro atoms. The van der Waals surface area contributed by atoms with E-state index in [1.807, 2.05) is 24.3 Å². The number of nitrogens with zero attached hydrogens (tertiary/aromatic N) is 4. The normalized spacial score (nSPS) is 18.4. The Morgan fingerprint density at radius 3 is 2.35 bits per heavy atom. The van der Waals surface area contributed by atoms with Crippen molar-refractivity contribution in [2.24, 2.45) is 0 Å². The lowest BCUT2D eigenvalue weighted by Crippen LogP contribution is -2.48. The molecule has 2 fully saturated rings. The highest BCUT2D eigenvalue weighted by atomic mass is 32.2. The predicted octanol–water partition coefficient (Wildman–Crippen LogP) is 3.47. The molecule has 2 aliphatic rings. The number of rotatable bonds is 7. The molecule has 5 rings (SSSR count). The third kappa shape index (κ3) is 4.87. The monoisotopic (exact) mass is 482 g/mol. The average Bonchev–Trinajstić information content (AvgIpc) is 3.37. The van der Waals surface area contributed by atoms with Crippen LogP contribution >= 0.6 is 0 Å². The van der Waals surface area contributed by atoms with E-state index in [0.29, 0.717) is 50.2 Å². The van der Waals surface area contributed by atoms with Crippen molar-refractivity contribution in [3.63, 3.8) is 0 Å². The number of benzene rings is 2. The van der Waals surface area contributed by atoms with Crippen molar-refractivity contribution in [3.8, 4) is 11.6 Å². The highest BCUT2D eigenvalue weighted by Gasteiger charge is 2.29. The van der Waals surface area contributed by atoms with Gasteiger partial charge in [0, 0.05) is 26.2 Å². The van der Waals surface area contributed by atoms with Gasteiger partial charge >= 0.3 is 0 Å². The number of piperazine rings is 1. The first-order chi connectivity index (χ1) is 16.5. The van der Waals surface area contributed by atoms with Gasteiger partial charge in [-0.3, -0.25) is 4.90 Å². The summed E-state index contributed by atoms with van der Waals surface area (Å²) in [6.45, 7) is 2.64. The third-order valence-electron chi connectivity index (χ3n) is 6.59. The highest BCUT2D eigenvalue weighted by Crippen LogP contribution is 2.28. The second-order valence-corrected chi connectivity index (χ2v) is 10.8. The Hall–Kier alpha value is -2.75. The lowest BCUT2D eigenvalue weighted by molar-refractivity contribution is 0.175. The fourth-order valence-corrected chi connectivity index (χ4v) is 6.07. The van der Waals surface area contributed by atoms with E-state index < -0.39 is 10.0 Å². The van der Waals surface area contributed by atoms with Gasteiger partial charge in [0.05, 0.1) is 29.5 Å². The van der Waals surface area contributed by atoms with Crippen LogP contribution in [0.1, 0.15) is 31.5 Å². The zero-order valence-corrected chi connectivity index (χ0v) is 20.2. The molecule has 2 heterocycles. The van der Waals surface area contributed by atoms with E-state index in [-0.39, 0.29) is 11.0 Å². The molecule has 0 bridgehead atoms. The van der Waals surface area contributed by atoms with Crippen molar-refractivity contribution in [3.05, 3.63) is 54.4 Å². The third-order valence-corrected chi connectivity index (χ3v) is 8.50. The maximum atomic E-state index is 13.0. The number of aromatic nitrogens is 2. The Labute approximate surface area is 200 Å². The maximum Gasteiger partial charge on any atom is 0.243 e. The topological polar surface area (TPSA) is 84.9 Å². The van der Waals surface area contributed by atoms with Crippen molar-refractivity contribution in [2.75, 3.05) is 33.3 Å². The molecule has 1 saturated heterocycles. The Balaban J connectivity index is 1.27. The molecule has 1 saturated carbocycles. The van der Waals surface area contributed by atoms with E-state index in [2.05, 4.69) is 4.90 Å². The summed E-state index contributed by atoms with van der Waals surface area (Å²) in [5.74, 6) is 2.00. The van der Waals surface area contributed by atoms with Crippen molar-refractivity contribution >= 4 is 20.9 Å². The summed E-state index contributed by atoms with van der Waals surface area (Å²) < 4.78 is 39.0. The number of hydrogen-bond donors (Lipinski definition) is 0. The molecular formula is C25H30N4O4S. The van der Waals surface area contributed by atoms with Gasteiger partial charge in [-0.15, -0.1) is 0 Å². The van der Waals surface area contributed by atoms with Gasteiger partial charge in [0.1, 0.15) is 17.7 Å². The fourth-order valence-electron chi connectivity index (χ4n) is 4.64. The van der Waals surface area contributed by atoms with Crippen molar-refractivity contribution in [1.82, 2.24) is 19.2 Å². The Morgan fingerprint density at radius 2 is 1.65 bits per heavy atom. The fraction of sp³-hybridized carbons (Fsp3) is 0.440. The van der Waals surface area contributed by atoms with Crippen molar-refractivity contribution in [1.29, 1.82) is 0 Å². The van der Waals surface area contributed by atoms with Crippen LogP contribution < -0.4 is 9.47 Å². The number of ether oxygens (including phenoxy) is 2. The molecular weight excluding hydrogens is 452 g/mol. The minimum Gasteiger partial charge on any atom is -0.497 e. The second kappa shape index (κ2) is 9.85. The van der Waals surface area contributed by atoms with Gasteiger partial charge in [-0.25, -0.2) is 13.4 Å². The van der Waals surface area contributed by atoms with Crippen LogP contribution in [-0.4, -0.2) is 67.0 Å². The summed E-state index contributed by atoms with van der Waals surface area (Å²) in [5, 5.41) is 0.938. The maximum absolute atomic E-state index is 13.0. The number of methoxy groups -OCH3 is 1. The molecule has 1 aliphatic heterocycles. The number of fused-ring (bicyclic) bond motifs is 1. The molecule has 3 aromatic rings. The summed E-state index contributed by atoms with van der Waals surface area (Å²) in [6, 6.07) is 14.5. The molecule has 8 nitrogen and oxygen atoms in total. The minimum absolute atomic E-state index is 0.220. The zero-order chi connectivity index (χ0) is 23.5. The van der Waals surface area contributed by atoms with Gasteiger partial charge in [0.25, 0.3) is 0 Å². The summed E-state index contributed by atoms with van der Waals surface area (Å²) in [5.41, 5.74) is 0.876. The number of para-hydroxylation sites is 1. The molecule has 0 atom stereocenters. The largest absolute Gasteiger partial charge is 0.497 e. The van der Waals surface area contributed by atoms with Gasteiger partial charge in [-0.05, 0) is 62.1 Å². The lowest BCUT2D eigenvalue weighted by Gasteiger charge is -2.33. The van der Waals surface area contributed by atoms with Gasteiger partial charge < -0.3 is 9.47 Å². The van der Waals surface area contributed by atoms with Gasteiger partial charge in [0.2, 0.25) is 15.9 Å². The first-order valence-corrected chi connectivity index (χ1v) is 13.3. The SMILES string of the molecule is COc1ccc(S(=O)(=O)N2CCN(Cc3nc(OC4CCCC4)c4ccccc4n3)CC2)cc1. The molecule has 0 N–H and O–H groups in total. The molecule has 9 heteroatoms. The van der Waals surface area contributed by atoms with E-state index >= 15 is 0 Å². The van der Waals surface area contributed by atoms with Gasteiger partial charge in [0.15, 0.2) is 0 Å². The Bertz CT molecular complexity index is 1240. The molecule has 180 valence electrons. The van der Waals surface area contributed by atoms with E-state index in [1.165, 1.54) is 12.8 Å². The molecule has 0 radical (unpaired) electrons. The van der Waals surface area contributed by atoms with Crippen LogP contribution in [-0.2, 0) is 16.6 Å². The van der Waals surface area contributed by atoms with E-state index in [1.54, 1.807) is 35.7 Å². The predicted molar refractivity (Wildman–Crippen MR) is 129 cm³/mol. The van der Waals surface area contributed by atoms with Crippen LogP contribution in [0.5, 0.6) is 11.6 Å². The van der Waals surface area contributed by atoms with Crippen LogP contribution in [0.25, 0.3) is 10.9 Å². The van der Waals surface area contributed by atoms with Gasteiger partial charge in [-0.2, -0.15) is 9.29 Å². The van der Waals surface area contributed by atoms with Crippen LogP contribution in [0.15, 0.2) is 53.4 Å². The summed E-state index contributed by atoms with van der Waals surface area (Å²) in [6.07, 6.45) is 4.75. The highest BCUT2D eigenvalue weighted by molar-refractivity contribution is 7.89. The Morgan fingerprint density at radius 1 is 0.941 bits per heavy atom. The van der Waals surface area contributed by atoms with Crippen LogP contribution in [0.3, 0.4) is 0 Å². The van der Waals surface area contributed by atoms with Gasteiger partial charge in [-0.1, -0.05) is 12.1 Å². The molecule has 1 aromatic heterocycles.